The molecule has 2 rings (SSSR count). The standard InChI is InChI=1S/C21H38O3/c1-7-10-17(23-16-11-8-9-12-16)24-18(22)21(6,15-19(2,3)4)20(5)13-14-20/h16-17H,7-15H2,1-6H3. The molecule has 0 heterocycles. The van der Waals surface area contributed by atoms with Crippen molar-refractivity contribution in [2.75, 3.05) is 0 Å². The summed E-state index contributed by atoms with van der Waals surface area (Å²) >= 11 is 0. The molecule has 0 aromatic heterocycles. The van der Waals surface area contributed by atoms with Crippen LogP contribution in [0.1, 0.15) is 99.3 Å². The largest absolute Gasteiger partial charge is 0.435 e. The van der Waals surface area contributed by atoms with Gasteiger partial charge in [-0.1, -0.05) is 53.9 Å². The molecule has 2 aliphatic carbocycles. The summed E-state index contributed by atoms with van der Waals surface area (Å²) in [6.45, 7) is 13.1. The molecule has 0 amide bonds. The van der Waals surface area contributed by atoms with E-state index in [2.05, 4.69) is 41.5 Å². The Morgan fingerprint density at radius 1 is 1.17 bits per heavy atom. The van der Waals surface area contributed by atoms with Gasteiger partial charge >= 0.3 is 5.97 Å². The molecular formula is C21H38O3. The second-order valence-electron chi connectivity index (χ2n) is 9.80. The van der Waals surface area contributed by atoms with Crippen molar-refractivity contribution in [3.8, 4) is 0 Å². The van der Waals surface area contributed by atoms with Crippen LogP contribution in [-0.4, -0.2) is 18.4 Å². The summed E-state index contributed by atoms with van der Waals surface area (Å²) in [6, 6.07) is 0. The van der Waals surface area contributed by atoms with Crippen LogP contribution >= 0.6 is 0 Å². The summed E-state index contributed by atoms with van der Waals surface area (Å²) in [5, 5.41) is 0. The van der Waals surface area contributed by atoms with E-state index in [0.29, 0.717) is 0 Å². The lowest BCUT2D eigenvalue weighted by molar-refractivity contribution is -0.205. The minimum Gasteiger partial charge on any atom is -0.435 e. The molecule has 2 fully saturated rings. The highest BCUT2D eigenvalue weighted by atomic mass is 16.7. The lowest BCUT2D eigenvalue weighted by Gasteiger charge is -2.39. The van der Waals surface area contributed by atoms with Crippen molar-refractivity contribution in [3.05, 3.63) is 0 Å². The third kappa shape index (κ3) is 4.74. The van der Waals surface area contributed by atoms with E-state index in [1.54, 1.807) is 0 Å². The van der Waals surface area contributed by atoms with Gasteiger partial charge in [-0.3, -0.25) is 4.79 Å². The second-order valence-corrected chi connectivity index (χ2v) is 9.80. The first-order chi connectivity index (χ1) is 11.1. The average Bonchev–Trinajstić information content (AvgIpc) is 3.01. The summed E-state index contributed by atoms with van der Waals surface area (Å²) in [7, 11) is 0. The number of ether oxygens (including phenoxy) is 2. The molecule has 24 heavy (non-hydrogen) atoms. The van der Waals surface area contributed by atoms with E-state index < -0.39 is 5.41 Å². The summed E-state index contributed by atoms with van der Waals surface area (Å²) in [5.74, 6) is -0.0473. The maximum absolute atomic E-state index is 13.2. The molecule has 3 nitrogen and oxygen atoms in total. The topological polar surface area (TPSA) is 35.5 Å². The lowest BCUT2D eigenvalue weighted by Crippen LogP contribution is -2.43. The summed E-state index contributed by atoms with van der Waals surface area (Å²) in [4.78, 5) is 13.2. The van der Waals surface area contributed by atoms with Gasteiger partial charge in [-0.25, -0.2) is 0 Å². The minimum absolute atomic E-state index is 0.0473. The monoisotopic (exact) mass is 338 g/mol. The van der Waals surface area contributed by atoms with E-state index in [4.69, 9.17) is 9.47 Å². The Kier molecular flexibility index (Phi) is 6.05. The van der Waals surface area contributed by atoms with E-state index in [-0.39, 0.29) is 29.2 Å². The van der Waals surface area contributed by atoms with Gasteiger partial charge in [0.25, 0.3) is 0 Å². The molecule has 2 atom stereocenters. The highest BCUT2D eigenvalue weighted by Crippen LogP contribution is 2.62. The number of carbonyl (C=O) groups is 1. The molecule has 0 aromatic rings. The van der Waals surface area contributed by atoms with E-state index in [0.717, 1.165) is 44.9 Å². The summed E-state index contributed by atoms with van der Waals surface area (Å²) in [6.07, 6.45) is 9.46. The first-order valence-electron chi connectivity index (χ1n) is 9.96. The normalized spacial score (nSPS) is 24.4. The van der Waals surface area contributed by atoms with Crippen molar-refractivity contribution in [2.45, 2.75) is 112 Å². The molecular weight excluding hydrogens is 300 g/mol. The average molecular weight is 339 g/mol. The Labute approximate surface area is 148 Å². The first kappa shape index (κ1) is 19.8. The zero-order valence-electron chi connectivity index (χ0n) is 16.7. The van der Waals surface area contributed by atoms with Crippen molar-refractivity contribution in [1.29, 1.82) is 0 Å². The lowest BCUT2D eigenvalue weighted by atomic mass is 9.66. The number of hydrogen-bond acceptors (Lipinski definition) is 3. The van der Waals surface area contributed by atoms with Gasteiger partial charge in [-0.05, 0) is 49.9 Å². The number of hydrogen-bond donors (Lipinski definition) is 0. The van der Waals surface area contributed by atoms with Crippen LogP contribution in [0, 0.1) is 16.2 Å². The van der Waals surface area contributed by atoms with E-state index in [1.807, 2.05) is 0 Å². The Bertz CT molecular complexity index is 427. The molecule has 2 aliphatic rings. The van der Waals surface area contributed by atoms with Gasteiger partial charge < -0.3 is 9.47 Å². The zero-order valence-corrected chi connectivity index (χ0v) is 16.7. The van der Waals surface area contributed by atoms with Crippen molar-refractivity contribution in [1.82, 2.24) is 0 Å². The highest BCUT2D eigenvalue weighted by molar-refractivity contribution is 5.78. The highest BCUT2D eigenvalue weighted by Gasteiger charge is 2.59. The van der Waals surface area contributed by atoms with Crippen molar-refractivity contribution in [2.24, 2.45) is 16.2 Å². The Balaban J connectivity index is 2.06. The van der Waals surface area contributed by atoms with Gasteiger partial charge in [0.15, 0.2) is 0 Å². The maximum atomic E-state index is 13.2. The van der Waals surface area contributed by atoms with Gasteiger partial charge in [-0.2, -0.15) is 0 Å². The molecule has 2 saturated carbocycles. The molecule has 0 aromatic carbocycles. The summed E-state index contributed by atoms with van der Waals surface area (Å²) < 4.78 is 12.1. The molecule has 0 N–H and O–H groups in total. The van der Waals surface area contributed by atoms with E-state index >= 15 is 0 Å². The van der Waals surface area contributed by atoms with Crippen LogP contribution in [0.5, 0.6) is 0 Å². The zero-order chi connectivity index (χ0) is 18.0. The maximum Gasteiger partial charge on any atom is 0.314 e. The molecule has 0 saturated heterocycles. The van der Waals surface area contributed by atoms with Crippen LogP contribution in [0.25, 0.3) is 0 Å². The Morgan fingerprint density at radius 3 is 2.21 bits per heavy atom. The van der Waals surface area contributed by atoms with Gasteiger partial charge in [0, 0.05) is 6.42 Å². The first-order valence-corrected chi connectivity index (χ1v) is 9.96. The minimum atomic E-state index is -0.420. The van der Waals surface area contributed by atoms with Gasteiger partial charge in [0.05, 0.1) is 11.5 Å². The molecule has 0 radical (unpaired) electrons. The van der Waals surface area contributed by atoms with Gasteiger partial charge in [0.1, 0.15) is 0 Å². The second kappa shape index (κ2) is 7.35. The molecule has 3 heteroatoms. The van der Waals surface area contributed by atoms with Crippen molar-refractivity contribution >= 4 is 5.97 Å². The third-order valence-electron chi connectivity index (χ3n) is 6.08. The number of carbonyl (C=O) groups excluding carboxylic acids is 1. The fraction of sp³-hybridized carbons (Fsp3) is 0.952. The Morgan fingerprint density at radius 2 is 1.75 bits per heavy atom. The van der Waals surface area contributed by atoms with Crippen molar-refractivity contribution < 1.29 is 14.3 Å². The van der Waals surface area contributed by atoms with E-state index in [9.17, 15) is 4.79 Å². The fourth-order valence-corrected chi connectivity index (χ4v) is 4.21. The van der Waals surface area contributed by atoms with Crippen LogP contribution < -0.4 is 0 Å². The predicted octanol–water partition coefficient (Wildman–Crippen LogP) is 5.86. The SMILES string of the molecule is CCCC(OC(=O)C(C)(CC(C)(C)C)C1(C)CC1)OC1CCCC1. The van der Waals surface area contributed by atoms with Crippen LogP contribution in [0.4, 0.5) is 0 Å². The smallest absolute Gasteiger partial charge is 0.314 e. The van der Waals surface area contributed by atoms with Crippen LogP contribution in [0.15, 0.2) is 0 Å². The predicted molar refractivity (Wildman–Crippen MR) is 97.6 cm³/mol. The fourth-order valence-electron chi connectivity index (χ4n) is 4.21. The molecule has 0 spiro atoms. The number of rotatable bonds is 8. The Hall–Kier alpha value is -0.570. The molecule has 0 bridgehead atoms. The van der Waals surface area contributed by atoms with Gasteiger partial charge in [0.2, 0.25) is 6.29 Å². The van der Waals surface area contributed by atoms with Crippen LogP contribution in [0.2, 0.25) is 0 Å². The van der Waals surface area contributed by atoms with Gasteiger partial charge in [-0.15, -0.1) is 0 Å². The molecule has 140 valence electrons. The quantitative estimate of drug-likeness (QED) is 0.411. The molecule has 0 aliphatic heterocycles. The van der Waals surface area contributed by atoms with Crippen LogP contribution in [-0.2, 0) is 14.3 Å². The van der Waals surface area contributed by atoms with Crippen molar-refractivity contribution in [3.63, 3.8) is 0 Å². The van der Waals surface area contributed by atoms with E-state index in [1.165, 1.54) is 12.8 Å². The molecule has 2 unspecified atom stereocenters. The summed E-state index contributed by atoms with van der Waals surface area (Å²) in [5.41, 5.74) is -0.232. The van der Waals surface area contributed by atoms with Crippen LogP contribution in [0.3, 0.4) is 0 Å². The third-order valence-corrected chi connectivity index (χ3v) is 6.08. The number of esters is 1.